The molecule has 3 heteroatoms. The van der Waals surface area contributed by atoms with Crippen LogP contribution in [-0.2, 0) is 0 Å². The summed E-state index contributed by atoms with van der Waals surface area (Å²) < 4.78 is 40.0. The molecule has 0 aliphatic heterocycles. The Kier molecular flexibility index (Phi) is 6.86. The normalized spacial score (nSPS) is 46.6. The molecule has 0 radical (unpaired) electrons. The molecule has 0 bridgehead atoms. The lowest BCUT2D eigenvalue weighted by Gasteiger charge is -2.61. The number of rotatable bonds is 3. The third kappa shape index (κ3) is 3.93. The van der Waals surface area contributed by atoms with Crippen molar-refractivity contribution in [3.8, 4) is 0 Å². The molecule has 0 aromatic heterocycles. The topological polar surface area (TPSA) is 0 Å². The van der Waals surface area contributed by atoms with Crippen LogP contribution >= 0.6 is 0 Å². The molecule has 0 aromatic carbocycles. The molecular weight excluding hydrogens is 369 g/mol. The number of hydrogen-bond acceptors (Lipinski definition) is 0. The molecule has 0 heterocycles. The summed E-state index contributed by atoms with van der Waals surface area (Å²) in [5.74, 6) is 2.32. The van der Waals surface area contributed by atoms with Crippen molar-refractivity contribution in [1.82, 2.24) is 0 Å². The van der Waals surface area contributed by atoms with Gasteiger partial charge < -0.3 is 0 Å². The van der Waals surface area contributed by atoms with E-state index in [2.05, 4.69) is 26.5 Å². The van der Waals surface area contributed by atoms with Crippen molar-refractivity contribution in [2.24, 2.45) is 46.3 Å². The van der Waals surface area contributed by atoms with E-state index in [-0.39, 0.29) is 5.41 Å². The van der Waals surface area contributed by atoms with Gasteiger partial charge in [0.1, 0.15) is 0 Å². The second kappa shape index (κ2) is 8.58. The lowest BCUT2D eigenvalue weighted by Crippen LogP contribution is -2.54. The van der Waals surface area contributed by atoms with Crippen LogP contribution in [0, 0.1) is 46.3 Å². The van der Waals surface area contributed by atoms with Gasteiger partial charge in [-0.25, -0.2) is 0 Å². The minimum Gasteiger partial charge on any atom is -0.171 e. The van der Waals surface area contributed by atoms with Gasteiger partial charge in [0.2, 0.25) is 0 Å². The smallest absolute Gasteiger partial charge is 0.171 e. The second-order valence-electron chi connectivity index (χ2n) is 10.9. The summed E-state index contributed by atoms with van der Waals surface area (Å²) in [7, 11) is 0. The van der Waals surface area contributed by atoms with Gasteiger partial charge in [0.05, 0.1) is 5.92 Å². The predicted octanol–water partition coefficient (Wildman–Crippen LogP) is 8.82. The number of alkyl halides is 3. The molecule has 29 heavy (non-hydrogen) atoms. The Hall–Kier alpha value is -0.470. The third-order valence-corrected chi connectivity index (χ3v) is 10.0. The molecule has 4 aliphatic rings. The van der Waals surface area contributed by atoms with E-state index in [1.54, 1.807) is 0 Å². The van der Waals surface area contributed by atoms with Crippen LogP contribution < -0.4 is 0 Å². The zero-order valence-corrected chi connectivity index (χ0v) is 19.2. The minimum absolute atomic E-state index is 0.158. The van der Waals surface area contributed by atoms with E-state index in [9.17, 15) is 13.2 Å². The van der Waals surface area contributed by atoms with Gasteiger partial charge in [-0.05, 0) is 111 Å². The van der Waals surface area contributed by atoms with Crippen molar-refractivity contribution in [1.29, 1.82) is 0 Å². The van der Waals surface area contributed by atoms with Crippen LogP contribution in [0.5, 0.6) is 0 Å². The molecule has 0 aromatic rings. The summed E-state index contributed by atoms with van der Waals surface area (Å²) in [6.45, 7) is 12.8. The fraction of sp³-hybridized carbons (Fsp3) is 0.923. The molecule has 0 spiro atoms. The first-order valence-corrected chi connectivity index (χ1v) is 12.4. The Morgan fingerprint density at radius 2 is 1.55 bits per heavy atom. The standard InChI is InChI=1S/C24H37F3.C2H6/c1-4-5-6-16-8-10-20-19-9-7-17-15-18(24(25,26)27)11-13-23(17,3)21(19)12-14-22(16,20)2;1-2/h4,16-21H,1,5-15H2,2-3H3;1-2H3/t16?,17-,18?,19+,20?,21?,22-,23+;/m1./s1. The summed E-state index contributed by atoms with van der Waals surface area (Å²) in [5.41, 5.74) is 0.627. The van der Waals surface area contributed by atoms with Crippen molar-refractivity contribution in [3.05, 3.63) is 12.7 Å². The van der Waals surface area contributed by atoms with Crippen molar-refractivity contribution >= 4 is 0 Å². The molecule has 4 rings (SSSR count). The molecule has 0 N–H and O–H groups in total. The highest BCUT2D eigenvalue weighted by molar-refractivity contribution is 5.09. The Labute approximate surface area is 177 Å². The average molecular weight is 413 g/mol. The van der Waals surface area contributed by atoms with Gasteiger partial charge in [-0.15, -0.1) is 6.58 Å². The molecule has 4 saturated carbocycles. The van der Waals surface area contributed by atoms with E-state index < -0.39 is 12.1 Å². The monoisotopic (exact) mass is 412 g/mol. The van der Waals surface area contributed by atoms with Crippen LogP contribution in [0.25, 0.3) is 0 Å². The zero-order valence-electron chi connectivity index (χ0n) is 19.2. The SMILES string of the molecule is C=CCCC1CCC2[C@@H]3CC[C@@H]4CC(C(F)(F)F)CC[C@]4(C)C3CC[C@]12C.CC. The Bertz CT molecular complexity index is 567. The maximum absolute atomic E-state index is 13.3. The van der Waals surface area contributed by atoms with Crippen molar-refractivity contribution in [2.75, 3.05) is 0 Å². The number of halogens is 3. The molecule has 8 atom stereocenters. The summed E-state index contributed by atoms with van der Waals surface area (Å²) in [6, 6.07) is 0. The van der Waals surface area contributed by atoms with Gasteiger partial charge in [0, 0.05) is 0 Å². The highest BCUT2D eigenvalue weighted by atomic mass is 19.4. The number of allylic oxidation sites excluding steroid dienone is 1. The first-order chi connectivity index (χ1) is 13.7. The van der Waals surface area contributed by atoms with Crippen LogP contribution in [0.2, 0.25) is 0 Å². The van der Waals surface area contributed by atoms with Gasteiger partial charge in [0.25, 0.3) is 0 Å². The lowest BCUT2D eigenvalue weighted by atomic mass is 9.44. The van der Waals surface area contributed by atoms with Gasteiger partial charge >= 0.3 is 6.18 Å². The second-order valence-corrected chi connectivity index (χ2v) is 10.9. The minimum atomic E-state index is -3.99. The Morgan fingerprint density at radius 3 is 2.21 bits per heavy atom. The van der Waals surface area contributed by atoms with Crippen LogP contribution in [0.4, 0.5) is 13.2 Å². The maximum atomic E-state index is 13.3. The van der Waals surface area contributed by atoms with Crippen molar-refractivity contribution < 1.29 is 13.2 Å². The maximum Gasteiger partial charge on any atom is 0.391 e. The van der Waals surface area contributed by atoms with Gasteiger partial charge in [-0.1, -0.05) is 33.8 Å². The van der Waals surface area contributed by atoms with E-state index in [1.165, 1.54) is 38.5 Å². The fourth-order valence-electron chi connectivity index (χ4n) is 8.46. The molecular formula is C26H43F3. The molecule has 4 fully saturated rings. The van der Waals surface area contributed by atoms with Gasteiger partial charge in [-0.2, -0.15) is 13.2 Å². The molecule has 0 nitrogen and oxygen atoms in total. The first-order valence-electron chi connectivity index (χ1n) is 12.4. The van der Waals surface area contributed by atoms with Gasteiger partial charge in [0.15, 0.2) is 0 Å². The number of hydrogen-bond donors (Lipinski definition) is 0. The summed E-state index contributed by atoms with van der Waals surface area (Å²) in [6.07, 6.45) is 9.51. The molecule has 4 aliphatic carbocycles. The van der Waals surface area contributed by atoms with Crippen molar-refractivity contribution in [3.63, 3.8) is 0 Å². The van der Waals surface area contributed by atoms with Crippen LogP contribution in [0.3, 0.4) is 0 Å². The quantitative estimate of drug-likeness (QED) is 0.406. The van der Waals surface area contributed by atoms with E-state index in [0.29, 0.717) is 30.1 Å². The van der Waals surface area contributed by atoms with Gasteiger partial charge in [-0.3, -0.25) is 0 Å². The van der Waals surface area contributed by atoms with E-state index >= 15 is 0 Å². The summed E-state index contributed by atoms with van der Waals surface area (Å²) >= 11 is 0. The molecule has 0 amide bonds. The number of fused-ring (bicyclic) bond motifs is 5. The lowest BCUT2D eigenvalue weighted by molar-refractivity contribution is -0.208. The molecule has 0 saturated heterocycles. The highest BCUT2D eigenvalue weighted by Gasteiger charge is 2.61. The van der Waals surface area contributed by atoms with Crippen LogP contribution in [0.1, 0.15) is 98.3 Å². The van der Waals surface area contributed by atoms with E-state index in [1.807, 2.05) is 13.8 Å². The van der Waals surface area contributed by atoms with Crippen molar-refractivity contribution in [2.45, 2.75) is 105 Å². The van der Waals surface area contributed by atoms with E-state index in [4.69, 9.17) is 0 Å². The Balaban J connectivity index is 0.00000117. The highest BCUT2D eigenvalue weighted by Crippen LogP contribution is 2.68. The summed E-state index contributed by atoms with van der Waals surface area (Å²) in [4.78, 5) is 0. The largest absolute Gasteiger partial charge is 0.391 e. The Morgan fingerprint density at radius 1 is 0.897 bits per heavy atom. The fourth-order valence-corrected chi connectivity index (χ4v) is 8.46. The first kappa shape index (κ1) is 23.2. The molecule has 4 unspecified atom stereocenters. The third-order valence-electron chi connectivity index (χ3n) is 10.0. The predicted molar refractivity (Wildman–Crippen MR) is 116 cm³/mol. The van der Waals surface area contributed by atoms with E-state index in [0.717, 1.165) is 37.0 Å². The van der Waals surface area contributed by atoms with Crippen LogP contribution in [0.15, 0.2) is 12.7 Å². The molecule has 168 valence electrons. The average Bonchev–Trinajstić information content (AvgIpc) is 3.02. The van der Waals surface area contributed by atoms with Crippen LogP contribution in [-0.4, -0.2) is 6.18 Å². The summed E-state index contributed by atoms with van der Waals surface area (Å²) in [5, 5.41) is 0. The zero-order chi connectivity index (χ0) is 21.4.